The van der Waals surface area contributed by atoms with Gasteiger partial charge in [0.2, 0.25) is 0 Å². The summed E-state index contributed by atoms with van der Waals surface area (Å²) in [5, 5.41) is 1.50. The molecule has 0 spiro atoms. The minimum Gasteiger partial charge on any atom is -0.478 e. The smallest absolute Gasteiger partial charge is 0.299 e. The Morgan fingerprint density at radius 3 is 1.30 bits per heavy atom. The SMILES string of the molecule is O=C(CP)c1ccccc1.O=P1(C2c3ccccc3OCN2CCCCCCN2COc3ccccc3C2P2(=O)Oc3ccccc3-c3ccccc32)Oc2ccccc2-c2ccccc21. The number of ketones is 1. The number of carbonyl (C=O) groups excluding carboxylic acids is 1. The second-order valence-electron chi connectivity index (χ2n) is 16.8. The lowest BCUT2D eigenvalue weighted by atomic mass is 10.0. The maximum atomic E-state index is 15.5. The number of hydrogen-bond acceptors (Lipinski definition) is 9. The maximum Gasteiger partial charge on any atom is 0.299 e. The first-order valence-corrected chi connectivity index (χ1v) is 26.7. The lowest BCUT2D eigenvalue weighted by Crippen LogP contribution is -2.40. The van der Waals surface area contributed by atoms with Crippen LogP contribution >= 0.6 is 24.0 Å². The quantitative estimate of drug-likeness (QED) is 0.0714. The number of hydrogen-bond donors (Lipinski definition) is 0. The fourth-order valence-electron chi connectivity index (χ4n) is 9.62. The van der Waals surface area contributed by atoms with Gasteiger partial charge in [-0.05, 0) is 60.4 Å². The van der Waals surface area contributed by atoms with Crippen LogP contribution in [0.2, 0.25) is 0 Å². The van der Waals surface area contributed by atoms with Gasteiger partial charge in [-0.25, -0.2) is 0 Å². The fourth-order valence-corrected chi connectivity index (χ4v) is 15.7. The number of benzene rings is 7. The highest BCUT2D eigenvalue weighted by atomic mass is 31.2. The van der Waals surface area contributed by atoms with E-state index in [4.69, 9.17) is 18.5 Å². The molecule has 5 atom stereocenters. The first-order valence-electron chi connectivity index (χ1n) is 22.5. The van der Waals surface area contributed by atoms with Crippen LogP contribution in [0.25, 0.3) is 22.3 Å². The standard InChI is InChI=1S/C46H42N2O6P2.C8H9OP/c49-55(43-27-13-7-19-35(43)33-17-3-11-25-41(33)53-55)45-37-21-5-9-23-39(37)51-31-47(45)29-15-1-2-16-30-48-32-52-40-24-10-6-22-38(40)46(48)56(50)44-28-14-8-20-36(44)34-18-4-12-26-42(34)54-56;9-8(6-10)7-4-2-1-3-5-7/h3-14,17-28,45-46H,1-2,15-16,29-32H2;1-5H,6,10H2. The van der Waals surface area contributed by atoms with Gasteiger partial charge in [-0.2, -0.15) is 0 Å². The second-order valence-corrected chi connectivity index (χ2v) is 21.9. The largest absolute Gasteiger partial charge is 0.478 e. The molecule has 9 nitrogen and oxygen atoms in total. The molecule has 11 rings (SSSR count). The van der Waals surface area contributed by atoms with Crippen LogP contribution in [0.4, 0.5) is 0 Å². The Morgan fingerprint density at radius 2 is 0.848 bits per heavy atom. The van der Waals surface area contributed by atoms with Crippen LogP contribution in [0.1, 0.15) is 58.7 Å². The minimum absolute atomic E-state index is 0.172. The van der Waals surface area contributed by atoms with Gasteiger partial charge in [0.1, 0.15) is 48.0 Å². The Bertz CT molecular complexity index is 2810. The molecule has 0 fully saturated rings. The molecule has 7 aromatic rings. The molecule has 5 unspecified atom stereocenters. The molecule has 0 aliphatic carbocycles. The third-order valence-electron chi connectivity index (χ3n) is 12.7. The number of fused-ring (bicyclic) bond motifs is 8. The third kappa shape index (κ3) is 8.34. The van der Waals surface area contributed by atoms with Gasteiger partial charge < -0.3 is 18.5 Å². The van der Waals surface area contributed by atoms with Crippen LogP contribution in [-0.2, 0) is 9.13 Å². The summed E-state index contributed by atoms with van der Waals surface area (Å²) in [4.78, 5) is 15.4. The molecule has 0 amide bonds. The van der Waals surface area contributed by atoms with E-state index in [1.54, 1.807) is 0 Å². The first-order chi connectivity index (χ1) is 32.4. The van der Waals surface area contributed by atoms with E-state index in [9.17, 15) is 4.79 Å². The van der Waals surface area contributed by atoms with Crippen molar-refractivity contribution in [2.24, 2.45) is 0 Å². The number of nitrogens with zero attached hydrogens (tertiary/aromatic N) is 2. The number of ether oxygens (including phenoxy) is 2. The lowest BCUT2D eigenvalue weighted by molar-refractivity contribution is 0.0787. The molecule has 0 N–H and O–H groups in total. The highest BCUT2D eigenvalue weighted by molar-refractivity contribution is 7.68. The molecule has 4 aliphatic rings. The normalized spacial score (nSPS) is 21.2. The second kappa shape index (κ2) is 19.2. The highest BCUT2D eigenvalue weighted by Crippen LogP contribution is 2.67. The van der Waals surface area contributed by atoms with E-state index in [2.05, 4.69) is 19.0 Å². The monoisotopic (exact) mass is 932 g/mol. The topological polar surface area (TPSA) is 94.6 Å². The molecule has 12 heteroatoms. The summed E-state index contributed by atoms with van der Waals surface area (Å²) in [6.07, 6.45) is 4.18. The molecule has 0 saturated heterocycles. The Hall–Kier alpha value is -5.78. The number of para-hydroxylation sites is 4. The molecular weight excluding hydrogens is 882 g/mol. The van der Waals surface area contributed by atoms with E-state index >= 15 is 9.13 Å². The van der Waals surface area contributed by atoms with E-state index in [1.807, 2.05) is 176 Å². The number of carbonyl (C=O) groups is 1. The summed E-state index contributed by atoms with van der Waals surface area (Å²) < 4.78 is 56.8. The average molecular weight is 933 g/mol. The molecule has 334 valence electrons. The number of unbranched alkanes of at least 4 members (excludes halogenated alkanes) is 3. The fraction of sp³-hybridized carbons (Fsp3) is 0.204. The molecule has 7 aromatic carbocycles. The van der Waals surface area contributed by atoms with Crippen LogP contribution in [0, 0.1) is 0 Å². The van der Waals surface area contributed by atoms with Crippen molar-refractivity contribution in [2.75, 3.05) is 32.7 Å². The zero-order valence-electron chi connectivity index (χ0n) is 36.5. The van der Waals surface area contributed by atoms with E-state index < -0.39 is 26.3 Å². The van der Waals surface area contributed by atoms with Gasteiger partial charge in [0.05, 0.1) is 10.6 Å². The van der Waals surface area contributed by atoms with Crippen molar-refractivity contribution < 1.29 is 32.4 Å². The van der Waals surface area contributed by atoms with Crippen LogP contribution in [0.15, 0.2) is 176 Å². The van der Waals surface area contributed by atoms with E-state index in [0.717, 1.165) is 86.7 Å². The van der Waals surface area contributed by atoms with Crippen LogP contribution in [0.3, 0.4) is 0 Å². The van der Waals surface area contributed by atoms with Crippen LogP contribution in [-0.4, -0.2) is 48.3 Å². The van der Waals surface area contributed by atoms with Gasteiger partial charge in [0, 0.05) is 47.1 Å². The zero-order valence-corrected chi connectivity index (χ0v) is 39.4. The van der Waals surface area contributed by atoms with Crippen molar-refractivity contribution >= 4 is 40.4 Å². The summed E-state index contributed by atoms with van der Waals surface area (Å²) in [6.45, 7) is 2.03. The minimum atomic E-state index is -3.49. The van der Waals surface area contributed by atoms with E-state index in [0.29, 0.717) is 44.2 Å². The van der Waals surface area contributed by atoms with Crippen LogP contribution in [0.5, 0.6) is 23.0 Å². The molecule has 0 bridgehead atoms. The van der Waals surface area contributed by atoms with Crippen molar-refractivity contribution in [1.82, 2.24) is 9.80 Å². The molecule has 4 aliphatic heterocycles. The van der Waals surface area contributed by atoms with Crippen molar-refractivity contribution in [1.29, 1.82) is 0 Å². The average Bonchev–Trinajstić information content (AvgIpc) is 3.37. The van der Waals surface area contributed by atoms with E-state index in [1.165, 1.54) is 0 Å². The highest BCUT2D eigenvalue weighted by Gasteiger charge is 2.50. The van der Waals surface area contributed by atoms with Crippen molar-refractivity contribution in [3.63, 3.8) is 0 Å². The van der Waals surface area contributed by atoms with Crippen molar-refractivity contribution in [3.8, 4) is 45.3 Å². The molecule has 0 saturated carbocycles. The van der Waals surface area contributed by atoms with Gasteiger partial charge in [-0.3, -0.25) is 23.7 Å². The van der Waals surface area contributed by atoms with E-state index in [-0.39, 0.29) is 5.78 Å². The third-order valence-corrected chi connectivity index (χ3v) is 18.7. The van der Waals surface area contributed by atoms with Crippen LogP contribution < -0.4 is 29.1 Å². The van der Waals surface area contributed by atoms with Gasteiger partial charge in [-0.1, -0.05) is 152 Å². The van der Waals surface area contributed by atoms with Gasteiger partial charge >= 0.3 is 0 Å². The maximum absolute atomic E-state index is 15.5. The van der Waals surface area contributed by atoms with Gasteiger partial charge in [0.15, 0.2) is 5.78 Å². The number of rotatable bonds is 11. The zero-order chi connectivity index (χ0) is 45.1. The molecule has 0 aromatic heterocycles. The van der Waals surface area contributed by atoms with Gasteiger partial charge in [0.25, 0.3) is 14.7 Å². The Labute approximate surface area is 388 Å². The summed E-state index contributed by atoms with van der Waals surface area (Å²) >= 11 is 0. The Kier molecular flexibility index (Phi) is 12.8. The number of Topliss-reactive ketones (excluding diaryl/α,β-unsaturated/α-hetero) is 1. The molecule has 0 radical (unpaired) electrons. The van der Waals surface area contributed by atoms with Gasteiger partial charge in [-0.15, -0.1) is 9.24 Å². The predicted molar refractivity (Wildman–Crippen MR) is 266 cm³/mol. The summed E-state index contributed by atoms with van der Waals surface area (Å²) in [5.41, 5.74) is 6.39. The van der Waals surface area contributed by atoms with Crippen molar-refractivity contribution in [2.45, 2.75) is 37.2 Å². The Morgan fingerprint density at radius 1 is 0.470 bits per heavy atom. The molecule has 66 heavy (non-hydrogen) atoms. The summed E-state index contributed by atoms with van der Waals surface area (Å²) in [7, 11) is -4.56. The summed E-state index contributed by atoms with van der Waals surface area (Å²) in [5.74, 6) is 1.98. The lowest BCUT2D eigenvalue weighted by Gasteiger charge is -2.42. The summed E-state index contributed by atoms with van der Waals surface area (Å²) in [6, 6.07) is 56.8. The molecule has 4 heterocycles. The predicted octanol–water partition coefficient (Wildman–Crippen LogP) is 12.3. The Balaban J connectivity index is 0.000000455. The van der Waals surface area contributed by atoms with Crippen molar-refractivity contribution in [3.05, 3.63) is 193 Å². The molecular formula is C54H51N2O7P3. The first kappa shape index (κ1) is 44.1.